The van der Waals surface area contributed by atoms with Crippen LogP contribution in [0.2, 0.25) is 0 Å². The third kappa shape index (κ3) is 6.52. The Kier molecular flexibility index (Phi) is 9.68. The number of fused-ring (bicyclic) bond motifs is 1. The number of halogens is 1. The van der Waals surface area contributed by atoms with Gasteiger partial charge in [0, 0.05) is 46.8 Å². The first-order chi connectivity index (χ1) is 12.8. The molecule has 1 aliphatic heterocycles. The van der Waals surface area contributed by atoms with Gasteiger partial charge in [0.1, 0.15) is 5.75 Å². The van der Waals surface area contributed by atoms with Crippen LogP contribution >= 0.6 is 24.0 Å². The van der Waals surface area contributed by atoms with Gasteiger partial charge in [-0.25, -0.2) is 0 Å². The lowest BCUT2D eigenvalue weighted by Gasteiger charge is -2.22. The molecule has 0 aromatic heterocycles. The molecule has 1 aromatic carbocycles. The van der Waals surface area contributed by atoms with E-state index in [0.717, 1.165) is 56.2 Å². The number of hydrogen-bond acceptors (Lipinski definition) is 3. The number of hydrogen-bond donors (Lipinski definition) is 1. The van der Waals surface area contributed by atoms with Crippen molar-refractivity contribution in [1.29, 1.82) is 0 Å². The lowest BCUT2D eigenvalue weighted by Crippen LogP contribution is -2.39. The highest BCUT2D eigenvalue weighted by Gasteiger charge is 2.35. The second kappa shape index (κ2) is 11.7. The molecule has 1 heterocycles. The molecule has 1 aliphatic carbocycles. The van der Waals surface area contributed by atoms with Gasteiger partial charge >= 0.3 is 0 Å². The van der Waals surface area contributed by atoms with E-state index in [-0.39, 0.29) is 24.0 Å². The van der Waals surface area contributed by atoms with E-state index in [9.17, 15) is 0 Å². The number of benzene rings is 1. The van der Waals surface area contributed by atoms with Crippen molar-refractivity contribution in [2.75, 3.05) is 40.5 Å². The molecule has 1 saturated heterocycles. The van der Waals surface area contributed by atoms with Crippen LogP contribution in [0.1, 0.15) is 37.7 Å². The lowest BCUT2D eigenvalue weighted by atomic mass is 9.82. The third-order valence-corrected chi connectivity index (χ3v) is 5.60. The second-order valence-electron chi connectivity index (χ2n) is 7.45. The lowest BCUT2D eigenvalue weighted by molar-refractivity contribution is 0.172. The summed E-state index contributed by atoms with van der Waals surface area (Å²) in [6.45, 7) is 4.51. The molecule has 0 bridgehead atoms. The van der Waals surface area contributed by atoms with Gasteiger partial charge < -0.3 is 19.7 Å². The van der Waals surface area contributed by atoms with Crippen molar-refractivity contribution < 1.29 is 9.47 Å². The Morgan fingerprint density at radius 3 is 2.59 bits per heavy atom. The van der Waals surface area contributed by atoms with Crippen molar-refractivity contribution in [2.45, 2.75) is 38.6 Å². The molecule has 27 heavy (non-hydrogen) atoms. The van der Waals surface area contributed by atoms with Gasteiger partial charge in [0.05, 0.1) is 6.61 Å². The number of nitrogens with zero attached hydrogens (tertiary/aromatic N) is 2. The first kappa shape index (κ1) is 22.3. The summed E-state index contributed by atoms with van der Waals surface area (Å²) in [7, 11) is 3.61. The second-order valence-corrected chi connectivity index (χ2v) is 7.45. The Balaban J connectivity index is 0.00000261. The van der Waals surface area contributed by atoms with Crippen molar-refractivity contribution in [1.82, 2.24) is 10.2 Å². The zero-order chi connectivity index (χ0) is 18.2. The van der Waals surface area contributed by atoms with Crippen LogP contribution in [0, 0.1) is 11.8 Å². The summed E-state index contributed by atoms with van der Waals surface area (Å²) in [6, 6.07) is 8.30. The Hall–Kier alpha value is -1.02. The van der Waals surface area contributed by atoms with Crippen LogP contribution in [-0.4, -0.2) is 51.3 Å². The monoisotopic (exact) mass is 487 g/mol. The van der Waals surface area contributed by atoms with Crippen LogP contribution in [0.3, 0.4) is 0 Å². The van der Waals surface area contributed by atoms with Gasteiger partial charge in [0.15, 0.2) is 5.96 Å². The highest BCUT2D eigenvalue weighted by Crippen LogP contribution is 2.35. The molecule has 2 unspecified atom stereocenters. The van der Waals surface area contributed by atoms with E-state index >= 15 is 0 Å². The predicted octanol–water partition coefficient (Wildman–Crippen LogP) is 3.92. The molecule has 6 heteroatoms. The average molecular weight is 487 g/mol. The molecule has 5 nitrogen and oxygen atoms in total. The molecule has 2 fully saturated rings. The summed E-state index contributed by atoms with van der Waals surface area (Å²) in [5.41, 5.74) is 1.21. The fraction of sp³-hybridized carbons (Fsp3) is 0.667. The third-order valence-electron chi connectivity index (χ3n) is 5.60. The van der Waals surface area contributed by atoms with Crippen LogP contribution < -0.4 is 10.1 Å². The molecule has 0 spiro atoms. The van der Waals surface area contributed by atoms with Crippen LogP contribution in [0.5, 0.6) is 5.75 Å². The number of aliphatic imine (C=N–C) groups is 1. The Morgan fingerprint density at radius 1 is 1.19 bits per heavy atom. The molecule has 3 rings (SSSR count). The van der Waals surface area contributed by atoms with Crippen LogP contribution in [0.25, 0.3) is 0 Å². The summed E-state index contributed by atoms with van der Waals surface area (Å²) >= 11 is 0. The summed E-state index contributed by atoms with van der Waals surface area (Å²) in [5.74, 6) is 3.69. The number of likely N-dealkylation sites (tertiary alicyclic amines) is 1. The molecule has 152 valence electrons. The summed E-state index contributed by atoms with van der Waals surface area (Å²) in [5, 5.41) is 3.54. The highest BCUT2D eigenvalue weighted by atomic mass is 127. The van der Waals surface area contributed by atoms with E-state index in [1.165, 1.54) is 31.2 Å². The van der Waals surface area contributed by atoms with E-state index in [1.54, 1.807) is 7.11 Å². The minimum Gasteiger partial charge on any atom is -0.493 e. The summed E-state index contributed by atoms with van der Waals surface area (Å²) in [6.07, 6.45) is 6.49. The number of guanidine groups is 1. The van der Waals surface area contributed by atoms with Crippen molar-refractivity contribution in [3.63, 3.8) is 0 Å². The zero-order valence-electron chi connectivity index (χ0n) is 16.7. The number of ether oxygens (including phenoxy) is 2. The molecule has 0 radical (unpaired) electrons. The fourth-order valence-electron chi connectivity index (χ4n) is 4.23. The molecule has 2 aliphatic rings. The van der Waals surface area contributed by atoms with Crippen LogP contribution in [0.15, 0.2) is 29.3 Å². The molecule has 0 amide bonds. The van der Waals surface area contributed by atoms with Gasteiger partial charge in [-0.3, -0.25) is 4.99 Å². The quantitative estimate of drug-likeness (QED) is 0.274. The Bertz CT molecular complexity index is 583. The summed E-state index contributed by atoms with van der Waals surface area (Å²) in [4.78, 5) is 6.97. The fourth-order valence-corrected chi connectivity index (χ4v) is 4.23. The molecular weight excluding hydrogens is 453 g/mol. The van der Waals surface area contributed by atoms with Crippen LogP contribution in [-0.2, 0) is 11.3 Å². The Morgan fingerprint density at radius 2 is 1.93 bits per heavy atom. The topological polar surface area (TPSA) is 46.1 Å². The minimum atomic E-state index is 0. The Labute approximate surface area is 180 Å². The van der Waals surface area contributed by atoms with Gasteiger partial charge in [-0.1, -0.05) is 25.0 Å². The molecule has 1 saturated carbocycles. The van der Waals surface area contributed by atoms with E-state index in [1.807, 2.05) is 13.1 Å². The zero-order valence-corrected chi connectivity index (χ0v) is 19.0. The van der Waals surface area contributed by atoms with Gasteiger partial charge in [-0.2, -0.15) is 0 Å². The number of nitrogens with one attached hydrogen (secondary N) is 1. The van der Waals surface area contributed by atoms with Crippen molar-refractivity contribution >= 4 is 29.9 Å². The van der Waals surface area contributed by atoms with Crippen molar-refractivity contribution in [2.24, 2.45) is 16.8 Å². The van der Waals surface area contributed by atoms with Gasteiger partial charge in [0.25, 0.3) is 0 Å². The predicted molar refractivity (Wildman–Crippen MR) is 121 cm³/mol. The molecular formula is C21H34IN3O2. The normalized spacial score (nSPS) is 22.1. The van der Waals surface area contributed by atoms with Crippen LogP contribution in [0.4, 0.5) is 0 Å². The number of rotatable bonds is 7. The van der Waals surface area contributed by atoms with Gasteiger partial charge in [-0.05, 0) is 42.4 Å². The minimum absolute atomic E-state index is 0. The standard InChI is InChI=1S/C21H33N3O2.HI/c1-22-21(24-15-18-8-3-4-9-19(18)16-24)23-14-17-7-5-10-20(13-17)26-12-6-11-25-2;/h5,7,10,13,18-19H,3-4,6,8-9,11-12,14-16H2,1-2H3,(H,22,23);1H. The summed E-state index contributed by atoms with van der Waals surface area (Å²) < 4.78 is 10.9. The maximum absolute atomic E-state index is 5.80. The smallest absolute Gasteiger partial charge is 0.193 e. The highest BCUT2D eigenvalue weighted by molar-refractivity contribution is 14.0. The maximum atomic E-state index is 5.80. The van der Waals surface area contributed by atoms with Gasteiger partial charge in [0.2, 0.25) is 0 Å². The molecule has 1 aromatic rings. The number of methoxy groups -OCH3 is 1. The largest absolute Gasteiger partial charge is 0.493 e. The first-order valence-corrected chi connectivity index (χ1v) is 9.96. The molecule has 2 atom stereocenters. The van der Waals surface area contributed by atoms with E-state index in [2.05, 4.69) is 33.4 Å². The first-order valence-electron chi connectivity index (χ1n) is 9.96. The van der Waals surface area contributed by atoms with Crippen molar-refractivity contribution in [3.8, 4) is 5.75 Å². The van der Waals surface area contributed by atoms with Crippen molar-refractivity contribution in [3.05, 3.63) is 29.8 Å². The van der Waals surface area contributed by atoms with E-state index < -0.39 is 0 Å². The van der Waals surface area contributed by atoms with E-state index in [4.69, 9.17) is 9.47 Å². The van der Waals surface area contributed by atoms with E-state index in [0.29, 0.717) is 6.61 Å². The maximum Gasteiger partial charge on any atom is 0.193 e. The SMILES string of the molecule is CN=C(NCc1cccc(OCCCOC)c1)N1CC2CCCCC2C1.I. The molecule has 1 N–H and O–H groups in total. The van der Waals surface area contributed by atoms with Gasteiger partial charge in [-0.15, -0.1) is 24.0 Å². The average Bonchev–Trinajstić information content (AvgIpc) is 3.10.